The Morgan fingerprint density at radius 1 is 1.29 bits per heavy atom. The highest BCUT2D eigenvalue weighted by molar-refractivity contribution is 9.10. The molecule has 0 fully saturated rings. The van der Waals surface area contributed by atoms with Crippen LogP contribution in [-0.4, -0.2) is 10.0 Å². The number of benzene rings is 2. The maximum Gasteiger partial charge on any atom is 0.271 e. The highest BCUT2D eigenvalue weighted by Gasteiger charge is 2.13. The van der Waals surface area contributed by atoms with Gasteiger partial charge >= 0.3 is 0 Å². The average molecular weight is 373 g/mol. The molecule has 5 nitrogen and oxygen atoms in total. The minimum atomic E-state index is -0.585. The summed E-state index contributed by atoms with van der Waals surface area (Å²) in [7, 11) is 0. The van der Waals surface area contributed by atoms with Crippen molar-refractivity contribution in [2.75, 3.05) is 0 Å². The largest absolute Gasteiger partial charge is 0.455 e. The van der Waals surface area contributed by atoms with Crippen molar-refractivity contribution in [3.8, 4) is 11.5 Å². The summed E-state index contributed by atoms with van der Waals surface area (Å²) < 4.78 is 6.27. The summed E-state index contributed by atoms with van der Waals surface area (Å²) in [6.45, 7) is 1.66. The van der Waals surface area contributed by atoms with Gasteiger partial charge in [0.2, 0.25) is 0 Å². The van der Waals surface area contributed by atoms with Gasteiger partial charge < -0.3 is 9.84 Å². The quantitative estimate of drug-likeness (QED) is 0.614. The number of hydrogen-bond donors (Lipinski definition) is 1. The monoisotopic (exact) mass is 371 g/mol. The van der Waals surface area contributed by atoms with E-state index in [1.165, 1.54) is 18.2 Å². The van der Waals surface area contributed by atoms with Crippen molar-refractivity contribution in [2.24, 2.45) is 0 Å². The summed E-state index contributed by atoms with van der Waals surface area (Å²) in [4.78, 5) is 10.1. The number of rotatable bonds is 4. The van der Waals surface area contributed by atoms with Crippen molar-refractivity contribution >= 4 is 33.2 Å². The summed E-state index contributed by atoms with van der Waals surface area (Å²) in [6.07, 6.45) is -0.585. The van der Waals surface area contributed by atoms with E-state index in [2.05, 4.69) is 15.9 Å². The van der Waals surface area contributed by atoms with E-state index in [0.717, 1.165) is 5.56 Å². The number of non-ortho nitro benzene ring substituents is 1. The zero-order valence-electron chi connectivity index (χ0n) is 10.9. The molecule has 0 aliphatic carbocycles. The van der Waals surface area contributed by atoms with E-state index in [-0.39, 0.29) is 10.7 Å². The second-order valence-electron chi connectivity index (χ2n) is 4.34. The molecule has 2 aromatic carbocycles. The molecule has 0 saturated heterocycles. The van der Waals surface area contributed by atoms with Crippen molar-refractivity contribution in [1.29, 1.82) is 0 Å². The van der Waals surface area contributed by atoms with Crippen molar-refractivity contribution in [2.45, 2.75) is 13.0 Å². The lowest BCUT2D eigenvalue weighted by Gasteiger charge is -2.11. The molecule has 0 aliphatic rings. The zero-order chi connectivity index (χ0) is 15.6. The van der Waals surface area contributed by atoms with Crippen LogP contribution in [0.2, 0.25) is 5.02 Å². The first-order valence-corrected chi connectivity index (χ1v) is 7.15. The number of halogens is 2. The molecule has 0 bridgehead atoms. The molecule has 21 heavy (non-hydrogen) atoms. The van der Waals surface area contributed by atoms with E-state index in [4.69, 9.17) is 16.3 Å². The Hall–Kier alpha value is -1.63. The third-order valence-electron chi connectivity index (χ3n) is 2.78. The number of aliphatic hydroxyl groups excluding tert-OH is 1. The van der Waals surface area contributed by atoms with Crippen LogP contribution in [0, 0.1) is 10.1 Å². The molecule has 0 spiro atoms. The van der Waals surface area contributed by atoms with E-state index in [1.807, 2.05) is 0 Å². The smallest absolute Gasteiger partial charge is 0.271 e. The minimum absolute atomic E-state index is 0.101. The van der Waals surface area contributed by atoms with Gasteiger partial charge in [-0.15, -0.1) is 0 Å². The van der Waals surface area contributed by atoms with Gasteiger partial charge in [-0.25, -0.2) is 0 Å². The SMILES string of the molecule is CC(O)c1ccc(Oc2ccc([N+](=O)[O-])cc2Cl)c(Br)c1. The van der Waals surface area contributed by atoms with Gasteiger partial charge in [0.25, 0.3) is 5.69 Å². The van der Waals surface area contributed by atoms with Crippen LogP contribution < -0.4 is 4.74 Å². The molecule has 0 amide bonds. The second kappa shape index (κ2) is 6.43. The van der Waals surface area contributed by atoms with Gasteiger partial charge in [0.05, 0.1) is 20.5 Å². The van der Waals surface area contributed by atoms with Crippen molar-refractivity contribution in [3.05, 3.63) is 61.6 Å². The summed E-state index contributed by atoms with van der Waals surface area (Å²) >= 11 is 9.32. The molecule has 0 saturated carbocycles. The predicted octanol–water partition coefficient (Wildman–Crippen LogP) is 4.86. The van der Waals surface area contributed by atoms with E-state index in [9.17, 15) is 15.2 Å². The van der Waals surface area contributed by atoms with Gasteiger partial charge in [-0.05, 0) is 46.6 Å². The Balaban J connectivity index is 2.28. The molecule has 2 aromatic rings. The second-order valence-corrected chi connectivity index (χ2v) is 5.60. The first-order valence-electron chi connectivity index (χ1n) is 5.98. The molecule has 1 atom stereocenters. The fraction of sp³-hybridized carbons (Fsp3) is 0.143. The number of nitrogens with zero attached hydrogens (tertiary/aromatic N) is 1. The zero-order valence-corrected chi connectivity index (χ0v) is 13.3. The van der Waals surface area contributed by atoms with Crippen LogP contribution >= 0.6 is 27.5 Å². The van der Waals surface area contributed by atoms with Crippen LogP contribution in [0.25, 0.3) is 0 Å². The molecular formula is C14H11BrClNO4. The molecule has 110 valence electrons. The van der Waals surface area contributed by atoms with Crippen LogP contribution in [0.3, 0.4) is 0 Å². The van der Waals surface area contributed by atoms with Gasteiger partial charge in [0.1, 0.15) is 11.5 Å². The number of aliphatic hydroxyl groups is 1. The van der Waals surface area contributed by atoms with Crippen molar-refractivity contribution < 1.29 is 14.8 Å². The maximum absolute atomic E-state index is 10.7. The van der Waals surface area contributed by atoms with Gasteiger partial charge in [-0.3, -0.25) is 10.1 Å². The van der Waals surface area contributed by atoms with E-state index in [1.54, 1.807) is 25.1 Å². The average Bonchev–Trinajstić information content (AvgIpc) is 2.42. The standard InChI is InChI=1S/C14H11BrClNO4/c1-8(18)9-2-4-13(11(15)6-9)21-14-5-3-10(17(19)20)7-12(14)16/h2-8,18H,1H3. The lowest BCUT2D eigenvalue weighted by atomic mass is 10.1. The Morgan fingerprint density at radius 2 is 1.95 bits per heavy atom. The molecule has 2 rings (SSSR count). The summed E-state index contributed by atoms with van der Waals surface area (Å²) in [5.74, 6) is 0.808. The number of nitro benzene ring substituents is 1. The van der Waals surface area contributed by atoms with Crippen LogP contribution in [-0.2, 0) is 0 Å². The molecule has 0 heterocycles. The van der Waals surface area contributed by atoms with Crippen LogP contribution in [0.15, 0.2) is 40.9 Å². The van der Waals surface area contributed by atoms with Gasteiger partial charge in [-0.2, -0.15) is 0 Å². The fourth-order valence-corrected chi connectivity index (χ4v) is 2.36. The third-order valence-corrected chi connectivity index (χ3v) is 3.70. The van der Waals surface area contributed by atoms with Crippen LogP contribution in [0.1, 0.15) is 18.6 Å². The highest BCUT2D eigenvalue weighted by Crippen LogP contribution is 2.36. The number of nitro groups is 1. The molecule has 0 aliphatic heterocycles. The lowest BCUT2D eigenvalue weighted by Crippen LogP contribution is -1.93. The Morgan fingerprint density at radius 3 is 2.48 bits per heavy atom. The summed E-state index contributed by atoms with van der Waals surface area (Å²) in [6, 6.07) is 9.14. The van der Waals surface area contributed by atoms with E-state index < -0.39 is 11.0 Å². The van der Waals surface area contributed by atoms with E-state index >= 15 is 0 Å². The Labute approximate surface area is 134 Å². The number of ether oxygens (including phenoxy) is 1. The number of hydrogen-bond acceptors (Lipinski definition) is 4. The third kappa shape index (κ3) is 3.72. The maximum atomic E-state index is 10.7. The molecule has 1 unspecified atom stereocenters. The normalized spacial score (nSPS) is 12.0. The lowest BCUT2D eigenvalue weighted by molar-refractivity contribution is -0.384. The van der Waals surface area contributed by atoms with Gasteiger partial charge in [-0.1, -0.05) is 17.7 Å². The minimum Gasteiger partial charge on any atom is -0.455 e. The molecule has 1 N–H and O–H groups in total. The van der Waals surface area contributed by atoms with Crippen molar-refractivity contribution in [1.82, 2.24) is 0 Å². The molecule has 7 heteroatoms. The topological polar surface area (TPSA) is 72.6 Å². The molecule has 0 aromatic heterocycles. The molecule has 0 radical (unpaired) electrons. The first kappa shape index (κ1) is 15.8. The van der Waals surface area contributed by atoms with Crippen LogP contribution in [0.5, 0.6) is 11.5 Å². The van der Waals surface area contributed by atoms with Gasteiger partial charge in [0.15, 0.2) is 0 Å². The molecular weight excluding hydrogens is 362 g/mol. The predicted molar refractivity (Wildman–Crippen MR) is 83.0 cm³/mol. The summed E-state index contributed by atoms with van der Waals surface area (Å²) in [5.41, 5.74) is 0.639. The summed E-state index contributed by atoms with van der Waals surface area (Å²) in [5, 5.41) is 20.3. The van der Waals surface area contributed by atoms with E-state index in [0.29, 0.717) is 16.0 Å². The van der Waals surface area contributed by atoms with Crippen LogP contribution in [0.4, 0.5) is 5.69 Å². The Kier molecular flexibility index (Phi) is 4.82. The first-order chi connectivity index (χ1) is 9.88. The fourth-order valence-electron chi connectivity index (χ4n) is 1.66. The van der Waals surface area contributed by atoms with Gasteiger partial charge in [0, 0.05) is 12.1 Å². The highest BCUT2D eigenvalue weighted by atomic mass is 79.9. The van der Waals surface area contributed by atoms with Crippen molar-refractivity contribution in [3.63, 3.8) is 0 Å². The Bertz CT molecular complexity index is 691.